The molecule has 1 aromatic heterocycles. The van der Waals surface area contributed by atoms with Gasteiger partial charge in [0.1, 0.15) is 11.6 Å². The van der Waals surface area contributed by atoms with Crippen molar-refractivity contribution in [2.45, 2.75) is 33.6 Å². The smallest absolute Gasteiger partial charge is 0.226 e. The molecule has 0 bridgehead atoms. The quantitative estimate of drug-likeness (QED) is 0.876. The van der Waals surface area contributed by atoms with Crippen molar-refractivity contribution in [3.8, 4) is 11.6 Å². The van der Waals surface area contributed by atoms with Crippen molar-refractivity contribution >= 4 is 11.8 Å². The zero-order valence-corrected chi connectivity index (χ0v) is 13.0. The Bertz CT molecular complexity index is 626. The van der Waals surface area contributed by atoms with Gasteiger partial charge in [0.25, 0.3) is 0 Å². The van der Waals surface area contributed by atoms with Crippen molar-refractivity contribution in [3.05, 3.63) is 35.4 Å². The summed E-state index contributed by atoms with van der Waals surface area (Å²) in [5, 5.41) is 3.10. The second-order valence-electron chi connectivity index (χ2n) is 5.26. The van der Waals surface area contributed by atoms with Crippen LogP contribution in [0.25, 0.3) is 0 Å². The Kier molecular flexibility index (Phi) is 4.62. The average molecular weight is 286 g/mol. The predicted octanol–water partition coefficient (Wildman–Crippen LogP) is 3.71. The van der Waals surface area contributed by atoms with E-state index in [9.17, 15) is 0 Å². The zero-order valence-electron chi connectivity index (χ0n) is 13.0. The molecule has 0 amide bonds. The maximum Gasteiger partial charge on any atom is 0.226 e. The van der Waals surface area contributed by atoms with Gasteiger partial charge in [-0.15, -0.1) is 0 Å². The maximum atomic E-state index is 5.79. The summed E-state index contributed by atoms with van der Waals surface area (Å²) < 4.78 is 5.79. The van der Waals surface area contributed by atoms with E-state index in [0.29, 0.717) is 17.6 Å². The van der Waals surface area contributed by atoms with E-state index in [4.69, 9.17) is 10.5 Å². The molecule has 0 atom stereocenters. The molecule has 0 saturated carbocycles. The molecule has 112 valence electrons. The van der Waals surface area contributed by atoms with Crippen LogP contribution in [0.2, 0.25) is 0 Å². The predicted molar refractivity (Wildman–Crippen MR) is 86.0 cm³/mol. The number of nitrogen functional groups attached to an aromatic ring is 1. The number of nitrogens with one attached hydrogen (secondary N) is 1. The molecule has 0 aliphatic heterocycles. The molecule has 0 aliphatic rings. The minimum Gasteiger partial charge on any atom is -0.439 e. The normalized spacial score (nSPS) is 10.7. The Morgan fingerprint density at radius 3 is 2.62 bits per heavy atom. The number of benzene rings is 1. The van der Waals surface area contributed by atoms with Gasteiger partial charge in [0.2, 0.25) is 11.8 Å². The second kappa shape index (κ2) is 6.43. The van der Waals surface area contributed by atoms with Crippen molar-refractivity contribution in [2.75, 3.05) is 17.6 Å². The minimum absolute atomic E-state index is 0.193. The molecule has 5 nitrogen and oxygen atoms in total. The van der Waals surface area contributed by atoms with Gasteiger partial charge in [0.05, 0.1) is 0 Å². The minimum atomic E-state index is 0.193. The van der Waals surface area contributed by atoms with Gasteiger partial charge in [-0.1, -0.05) is 19.9 Å². The van der Waals surface area contributed by atoms with E-state index in [2.05, 4.69) is 42.1 Å². The monoisotopic (exact) mass is 286 g/mol. The summed E-state index contributed by atoms with van der Waals surface area (Å²) in [6, 6.07) is 7.80. The summed E-state index contributed by atoms with van der Waals surface area (Å²) in [5.74, 6) is 2.54. The summed E-state index contributed by atoms with van der Waals surface area (Å²) in [7, 11) is 0. The Morgan fingerprint density at radius 1 is 1.24 bits per heavy atom. The van der Waals surface area contributed by atoms with Crippen LogP contribution in [0.1, 0.15) is 37.8 Å². The summed E-state index contributed by atoms with van der Waals surface area (Å²) in [6.45, 7) is 9.19. The Hall–Kier alpha value is -2.30. The first-order valence-electron chi connectivity index (χ1n) is 7.16. The first-order valence-corrected chi connectivity index (χ1v) is 7.16. The maximum absolute atomic E-state index is 5.79. The molecule has 0 unspecified atom stereocenters. The van der Waals surface area contributed by atoms with Crippen LogP contribution in [-0.2, 0) is 0 Å². The van der Waals surface area contributed by atoms with E-state index in [-0.39, 0.29) is 5.95 Å². The van der Waals surface area contributed by atoms with E-state index in [1.54, 1.807) is 6.07 Å². The van der Waals surface area contributed by atoms with E-state index >= 15 is 0 Å². The lowest BCUT2D eigenvalue weighted by atomic mass is 9.98. The van der Waals surface area contributed by atoms with Gasteiger partial charge >= 0.3 is 0 Å². The summed E-state index contributed by atoms with van der Waals surface area (Å²) >= 11 is 0. The fourth-order valence-corrected chi connectivity index (χ4v) is 2.25. The molecule has 0 saturated heterocycles. The molecule has 1 aromatic carbocycles. The van der Waals surface area contributed by atoms with Crippen LogP contribution in [0, 0.1) is 6.92 Å². The van der Waals surface area contributed by atoms with Gasteiger partial charge in [0.15, 0.2) is 0 Å². The number of anilines is 2. The molecule has 0 aliphatic carbocycles. The van der Waals surface area contributed by atoms with Crippen LogP contribution in [0.15, 0.2) is 24.3 Å². The summed E-state index contributed by atoms with van der Waals surface area (Å²) in [5.41, 5.74) is 8.22. The van der Waals surface area contributed by atoms with Crippen LogP contribution >= 0.6 is 0 Å². The van der Waals surface area contributed by atoms with Gasteiger partial charge in [-0.05, 0) is 43.0 Å². The second-order valence-corrected chi connectivity index (χ2v) is 5.26. The number of nitrogens with zero attached hydrogens (tertiary/aromatic N) is 2. The number of rotatable bonds is 5. The van der Waals surface area contributed by atoms with Gasteiger partial charge in [-0.2, -0.15) is 9.97 Å². The van der Waals surface area contributed by atoms with Crippen molar-refractivity contribution < 1.29 is 4.74 Å². The standard InChI is InChI=1S/C16H22N4O/c1-5-18-14-9-15(20-16(17)19-14)21-12-6-7-13(10(2)3)11(4)8-12/h6-10H,5H2,1-4H3,(H3,17,18,19,20). The topological polar surface area (TPSA) is 73.1 Å². The highest BCUT2D eigenvalue weighted by Crippen LogP contribution is 2.27. The number of aryl methyl sites for hydroxylation is 1. The van der Waals surface area contributed by atoms with Crippen molar-refractivity contribution in [1.82, 2.24) is 9.97 Å². The molecule has 3 N–H and O–H groups in total. The number of aromatic nitrogens is 2. The van der Waals surface area contributed by atoms with Gasteiger partial charge in [-0.25, -0.2) is 0 Å². The zero-order chi connectivity index (χ0) is 15.4. The Balaban J connectivity index is 2.23. The average Bonchev–Trinajstić information content (AvgIpc) is 2.37. The lowest BCUT2D eigenvalue weighted by molar-refractivity contribution is 0.462. The third-order valence-corrected chi connectivity index (χ3v) is 3.16. The first kappa shape index (κ1) is 15.1. The van der Waals surface area contributed by atoms with Crippen LogP contribution in [0.5, 0.6) is 11.6 Å². The fourth-order valence-electron chi connectivity index (χ4n) is 2.25. The van der Waals surface area contributed by atoms with Crippen LogP contribution < -0.4 is 15.8 Å². The summed E-state index contributed by atoms with van der Waals surface area (Å²) in [6.07, 6.45) is 0. The van der Waals surface area contributed by atoms with Crippen molar-refractivity contribution in [3.63, 3.8) is 0 Å². The number of nitrogens with two attached hydrogens (primary N) is 1. The highest BCUT2D eigenvalue weighted by Gasteiger charge is 2.07. The lowest BCUT2D eigenvalue weighted by Gasteiger charge is -2.12. The van der Waals surface area contributed by atoms with E-state index < -0.39 is 0 Å². The van der Waals surface area contributed by atoms with Crippen molar-refractivity contribution in [2.24, 2.45) is 0 Å². The van der Waals surface area contributed by atoms with Crippen LogP contribution in [-0.4, -0.2) is 16.5 Å². The van der Waals surface area contributed by atoms with Gasteiger partial charge in [-0.3, -0.25) is 0 Å². The Morgan fingerprint density at radius 2 is 2.00 bits per heavy atom. The molecular formula is C16H22N4O. The van der Waals surface area contributed by atoms with Crippen LogP contribution in [0.4, 0.5) is 11.8 Å². The molecule has 0 spiro atoms. The lowest BCUT2D eigenvalue weighted by Crippen LogP contribution is -2.04. The molecule has 0 radical (unpaired) electrons. The number of ether oxygens (including phenoxy) is 1. The highest BCUT2D eigenvalue weighted by molar-refractivity contribution is 5.44. The van der Waals surface area contributed by atoms with Crippen molar-refractivity contribution in [1.29, 1.82) is 0 Å². The largest absolute Gasteiger partial charge is 0.439 e. The summed E-state index contributed by atoms with van der Waals surface area (Å²) in [4.78, 5) is 8.20. The molecule has 1 heterocycles. The third kappa shape index (κ3) is 3.84. The molecule has 2 rings (SSSR count). The molecule has 2 aromatic rings. The first-order chi connectivity index (χ1) is 9.99. The molecule has 0 fully saturated rings. The third-order valence-electron chi connectivity index (χ3n) is 3.16. The SMILES string of the molecule is CCNc1cc(Oc2ccc(C(C)C)c(C)c2)nc(N)n1. The molecule has 5 heteroatoms. The van der Waals surface area contributed by atoms with Gasteiger partial charge in [0, 0.05) is 12.6 Å². The number of hydrogen-bond donors (Lipinski definition) is 2. The fraction of sp³-hybridized carbons (Fsp3) is 0.375. The molecular weight excluding hydrogens is 264 g/mol. The van der Waals surface area contributed by atoms with Gasteiger partial charge < -0.3 is 15.8 Å². The van der Waals surface area contributed by atoms with E-state index in [1.807, 2.05) is 19.1 Å². The van der Waals surface area contributed by atoms with E-state index in [1.165, 1.54) is 11.1 Å². The number of hydrogen-bond acceptors (Lipinski definition) is 5. The molecule has 21 heavy (non-hydrogen) atoms. The Labute approximate surface area is 125 Å². The van der Waals surface area contributed by atoms with Crippen LogP contribution in [0.3, 0.4) is 0 Å². The van der Waals surface area contributed by atoms with E-state index in [0.717, 1.165) is 12.3 Å². The highest BCUT2D eigenvalue weighted by atomic mass is 16.5.